The Bertz CT molecular complexity index is 858. The van der Waals surface area contributed by atoms with Crippen LogP contribution in [0.2, 0.25) is 0 Å². The average molecular weight is 712 g/mol. The molecule has 0 fully saturated rings. The Labute approximate surface area is 317 Å². The fourth-order valence-electron chi connectivity index (χ4n) is 6.45. The molecule has 4 nitrogen and oxygen atoms in total. The monoisotopic (exact) mass is 712 g/mol. The van der Waals surface area contributed by atoms with Crippen molar-refractivity contribution in [3.05, 3.63) is 60.8 Å². The number of rotatable bonds is 39. The summed E-state index contributed by atoms with van der Waals surface area (Å²) >= 11 is 0. The van der Waals surface area contributed by atoms with Gasteiger partial charge in [0.1, 0.15) is 0 Å². The Balaban J connectivity index is 3.41. The summed E-state index contributed by atoms with van der Waals surface area (Å²) in [5.74, 6) is -0.0379. The number of allylic oxidation sites excluding steroid dienone is 10. The Morgan fingerprint density at radius 3 is 1.29 bits per heavy atom. The Morgan fingerprint density at radius 2 is 0.863 bits per heavy atom. The Hall–Kier alpha value is -1.91. The van der Waals surface area contributed by atoms with E-state index in [0.717, 1.165) is 57.8 Å². The second-order valence-corrected chi connectivity index (χ2v) is 14.7. The van der Waals surface area contributed by atoms with E-state index in [0.29, 0.717) is 12.8 Å². The summed E-state index contributed by atoms with van der Waals surface area (Å²) in [6.45, 7) is 4.18. The third-order valence-electron chi connectivity index (χ3n) is 9.79. The van der Waals surface area contributed by atoms with Gasteiger partial charge in [0.25, 0.3) is 0 Å². The molecule has 0 aromatic rings. The maximum Gasteiger partial charge on any atom is 0.220 e. The molecule has 3 N–H and O–H groups in total. The van der Waals surface area contributed by atoms with E-state index in [9.17, 15) is 15.0 Å². The first-order chi connectivity index (χ1) is 25.2. The largest absolute Gasteiger partial charge is 0.394 e. The third kappa shape index (κ3) is 39.1. The summed E-state index contributed by atoms with van der Waals surface area (Å²) in [6.07, 6.45) is 59.1. The molecule has 2 unspecified atom stereocenters. The second kappa shape index (κ2) is 42.5. The molecule has 0 aliphatic carbocycles. The number of nitrogens with one attached hydrogen (secondary N) is 1. The van der Waals surface area contributed by atoms with Crippen molar-refractivity contribution in [2.24, 2.45) is 0 Å². The molecule has 0 heterocycles. The topological polar surface area (TPSA) is 69.6 Å². The van der Waals surface area contributed by atoms with Gasteiger partial charge in [-0.1, -0.05) is 209 Å². The maximum atomic E-state index is 12.3. The number of unbranched alkanes of at least 4 members (excludes halogenated alkanes) is 22. The highest BCUT2D eigenvalue weighted by Gasteiger charge is 2.19. The number of carbonyl (C=O) groups is 1. The SMILES string of the molecule is CC/C=C\C/C=C\C/C=C\C/C=C\C/C=C\CCCCCCCCCCCCCCCCCCCC(=O)NC(CO)C(O)CCCCCCCC. The highest BCUT2D eigenvalue weighted by atomic mass is 16.3. The van der Waals surface area contributed by atoms with Gasteiger partial charge in [0.05, 0.1) is 18.8 Å². The van der Waals surface area contributed by atoms with Crippen LogP contribution in [0, 0.1) is 0 Å². The lowest BCUT2D eigenvalue weighted by atomic mass is 10.0. The summed E-state index contributed by atoms with van der Waals surface area (Å²) in [5.41, 5.74) is 0. The molecule has 0 aliphatic rings. The van der Waals surface area contributed by atoms with Gasteiger partial charge in [-0.05, 0) is 57.8 Å². The van der Waals surface area contributed by atoms with Crippen molar-refractivity contribution >= 4 is 5.91 Å². The first-order valence-corrected chi connectivity index (χ1v) is 22.0. The lowest BCUT2D eigenvalue weighted by Crippen LogP contribution is -2.45. The van der Waals surface area contributed by atoms with Gasteiger partial charge < -0.3 is 15.5 Å². The summed E-state index contributed by atoms with van der Waals surface area (Å²) in [6, 6.07) is -0.533. The molecule has 2 atom stereocenters. The predicted molar refractivity (Wildman–Crippen MR) is 225 cm³/mol. The third-order valence-corrected chi connectivity index (χ3v) is 9.79. The molecular weight excluding hydrogens is 627 g/mol. The normalized spacial score (nSPS) is 13.6. The Morgan fingerprint density at radius 1 is 0.490 bits per heavy atom. The number of carbonyl (C=O) groups excluding carboxylic acids is 1. The summed E-state index contributed by atoms with van der Waals surface area (Å²) in [5, 5.41) is 22.9. The highest BCUT2D eigenvalue weighted by molar-refractivity contribution is 5.76. The highest BCUT2D eigenvalue weighted by Crippen LogP contribution is 2.15. The number of aliphatic hydroxyl groups excluding tert-OH is 2. The van der Waals surface area contributed by atoms with Crippen LogP contribution in [0.25, 0.3) is 0 Å². The van der Waals surface area contributed by atoms with E-state index in [1.165, 1.54) is 128 Å². The fourth-order valence-corrected chi connectivity index (χ4v) is 6.45. The van der Waals surface area contributed by atoms with Crippen molar-refractivity contribution in [1.82, 2.24) is 5.32 Å². The van der Waals surface area contributed by atoms with Crippen LogP contribution in [0.15, 0.2) is 60.8 Å². The van der Waals surface area contributed by atoms with Crippen molar-refractivity contribution in [2.45, 2.75) is 225 Å². The van der Waals surface area contributed by atoms with E-state index in [4.69, 9.17) is 0 Å². The summed E-state index contributed by atoms with van der Waals surface area (Å²) in [7, 11) is 0. The molecule has 296 valence electrons. The molecule has 0 aromatic heterocycles. The first-order valence-electron chi connectivity index (χ1n) is 22.0. The first kappa shape index (κ1) is 49.1. The maximum absolute atomic E-state index is 12.3. The number of aliphatic hydroxyl groups is 2. The number of hydrogen-bond donors (Lipinski definition) is 3. The standard InChI is InChI=1S/C47H85NO3/c1-3-5-7-9-11-12-13-14-15-16-17-18-19-20-21-22-23-24-25-26-27-28-29-30-31-32-33-34-35-36-37-39-41-43-47(51)48-45(44-49)46(50)42-40-38-10-8-6-4-2/h5,7,11-12,14-15,17-18,20-21,45-46,49-50H,3-4,6,8-10,13,16,19,22-44H2,1-2H3,(H,48,51)/b7-5-,12-11-,15-14-,18-17-,21-20-. The van der Waals surface area contributed by atoms with Gasteiger partial charge in [-0.3, -0.25) is 4.79 Å². The zero-order valence-electron chi connectivity index (χ0n) is 33.9. The minimum absolute atomic E-state index is 0.0379. The van der Waals surface area contributed by atoms with Gasteiger partial charge in [0.15, 0.2) is 0 Å². The summed E-state index contributed by atoms with van der Waals surface area (Å²) in [4.78, 5) is 12.3. The van der Waals surface area contributed by atoms with Gasteiger partial charge in [-0.15, -0.1) is 0 Å². The molecule has 51 heavy (non-hydrogen) atoms. The van der Waals surface area contributed by atoms with Crippen LogP contribution in [0.3, 0.4) is 0 Å². The van der Waals surface area contributed by atoms with Crippen LogP contribution >= 0.6 is 0 Å². The zero-order valence-corrected chi connectivity index (χ0v) is 33.9. The van der Waals surface area contributed by atoms with Crippen molar-refractivity contribution in [1.29, 1.82) is 0 Å². The van der Waals surface area contributed by atoms with Gasteiger partial charge in [-0.2, -0.15) is 0 Å². The fraction of sp³-hybridized carbons (Fsp3) is 0.766. The van der Waals surface area contributed by atoms with Crippen LogP contribution in [0.1, 0.15) is 213 Å². The van der Waals surface area contributed by atoms with Crippen molar-refractivity contribution < 1.29 is 15.0 Å². The minimum Gasteiger partial charge on any atom is -0.394 e. The average Bonchev–Trinajstić information content (AvgIpc) is 3.13. The molecule has 0 rings (SSSR count). The van der Waals surface area contributed by atoms with Crippen LogP contribution in [-0.2, 0) is 4.79 Å². The van der Waals surface area contributed by atoms with E-state index >= 15 is 0 Å². The van der Waals surface area contributed by atoms with Crippen molar-refractivity contribution in [2.75, 3.05) is 6.61 Å². The predicted octanol–water partition coefficient (Wildman–Crippen LogP) is 13.7. The van der Waals surface area contributed by atoms with Crippen LogP contribution in [0.5, 0.6) is 0 Å². The molecule has 0 saturated heterocycles. The van der Waals surface area contributed by atoms with Crippen molar-refractivity contribution in [3.63, 3.8) is 0 Å². The second-order valence-electron chi connectivity index (χ2n) is 14.7. The van der Waals surface area contributed by atoms with Crippen LogP contribution < -0.4 is 5.32 Å². The zero-order chi connectivity index (χ0) is 37.1. The lowest BCUT2D eigenvalue weighted by Gasteiger charge is -2.22. The molecular formula is C47H85NO3. The molecule has 0 spiro atoms. The van der Waals surface area contributed by atoms with E-state index in [1.54, 1.807) is 0 Å². The van der Waals surface area contributed by atoms with E-state index < -0.39 is 12.1 Å². The summed E-state index contributed by atoms with van der Waals surface area (Å²) < 4.78 is 0. The minimum atomic E-state index is -0.655. The molecule has 0 bridgehead atoms. The van der Waals surface area contributed by atoms with E-state index in [1.807, 2.05) is 0 Å². The van der Waals surface area contributed by atoms with Gasteiger partial charge in [0, 0.05) is 6.42 Å². The molecule has 0 aromatic carbocycles. The number of hydrogen-bond acceptors (Lipinski definition) is 3. The molecule has 1 amide bonds. The van der Waals surface area contributed by atoms with Gasteiger partial charge in [0.2, 0.25) is 5.91 Å². The molecule has 4 heteroatoms. The Kier molecular flexibility index (Phi) is 40.9. The molecule has 0 radical (unpaired) electrons. The van der Waals surface area contributed by atoms with Crippen LogP contribution in [0.4, 0.5) is 0 Å². The molecule has 0 saturated carbocycles. The smallest absolute Gasteiger partial charge is 0.220 e. The van der Waals surface area contributed by atoms with E-state index in [2.05, 4.69) is 79.9 Å². The molecule has 0 aliphatic heterocycles. The van der Waals surface area contributed by atoms with Gasteiger partial charge in [-0.25, -0.2) is 0 Å². The quantitative estimate of drug-likeness (QED) is 0.0439. The van der Waals surface area contributed by atoms with Crippen LogP contribution in [-0.4, -0.2) is 34.9 Å². The van der Waals surface area contributed by atoms with Gasteiger partial charge >= 0.3 is 0 Å². The number of amides is 1. The van der Waals surface area contributed by atoms with E-state index in [-0.39, 0.29) is 12.5 Å². The van der Waals surface area contributed by atoms with Crippen molar-refractivity contribution in [3.8, 4) is 0 Å². The lowest BCUT2D eigenvalue weighted by molar-refractivity contribution is -0.123.